The van der Waals surface area contributed by atoms with Crippen LogP contribution < -0.4 is 0 Å². The van der Waals surface area contributed by atoms with Gasteiger partial charge in [0.25, 0.3) is 0 Å². The number of carbonyl (C=O) groups excluding carboxylic acids is 1. The summed E-state index contributed by atoms with van der Waals surface area (Å²) in [7, 11) is 0. The molecule has 0 saturated heterocycles. The van der Waals surface area contributed by atoms with Crippen molar-refractivity contribution in [1.82, 2.24) is 4.57 Å². The summed E-state index contributed by atoms with van der Waals surface area (Å²) in [4.78, 5) is 13.2. The van der Waals surface area contributed by atoms with Gasteiger partial charge in [-0.05, 0) is 70.8 Å². The van der Waals surface area contributed by atoms with Crippen molar-refractivity contribution < 1.29 is 9.21 Å². The van der Waals surface area contributed by atoms with Gasteiger partial charge in [0.1, 0.15) is 11.2 Å². The summed E-state index contributed by atoms with van der Waals surface area (Å²) in [5, 5.41) is 4.63. The van der Waals surface area contributed by atoms with Crippen molar-refractivity contribution in [1.29, 1.82) is 0 Å². The number of para-hydroxylation sites is 1. The number of rotatable bonds is 3. The fourth-order valence-corrected chi connectivity index (χ4v) is 7.22. The highest BCUT2D eigenvalue weighted by Crippen LogP contribution is 2.51. The summed E-state index contributed by atoms with van der Waals surface area (Å²) in [6.45, 7) is 4.64. The summed E-state index contributed by atoms with van der Waals surface area (Å²) in [5.41, 5.74) is 11.5. The largest absolute Gasteiger partial charge is 0.456 e. The van der Waals surface area contributed by atoms with Crippen molar-refractivity contribution >= 4 is 49.5 Å². The minimum atomic E-state index is -0.114. The predicted octanol–water partition coefficient (Wildman–Crippen LogP) is 10.2. The van der Waals surface area contributed by atoms with E-state index in [2.05, 4.69) is 91.2 Å². The number of aromatic nitrogens is 1. The molecule has 204 valence electrons. The fraction of sp³-hybridized carbons (Fsp3) is 0.0750. The minimum absolute atomic E-state index is 0.0238. The molecule has 9 rings (SSSR count). The van der Waals surface area contributed by atoms with Crippen LogP contribution in [-0.2, 0) is 5.41 Å². The number of nitrogens with zero attached hydrogens (tertiary/aromatic N) is 1. The predicted molar refractivity (Wildman–Crippen MR) is 175 cm³/mol. The van der Waals surface area contributed by atoms with Crippen molar-refractivity contribution in [2.24, 2.45) is 0 Å². The zero-order valence-electron chi connectivity index (χ0n) is 23.9. The Balaban J connectivity index is 1.33. The molecule has 6 aromatic carbocycles. The van der Waals surface area contributed by atoms with E-state index in [1.54, 1.807) is 0 Å². The molecular formula is C40H27NO2. The summed E-state index contributed by atoms with van der Waals surface area (Å²) in [6.07, 6.45) is 0. The maximum atomic E-state index is 13.2. The molecule has 2 heterocycles. The van der Waals surface area contributed by atoms with Crippen LogP contribution in [-0.4, -0.2) is 10.4 Å². The first-order chi connectivity index (χ1) is 21.0. The van der Waals surface area contributed by atoms with E-state index in [1.807, 2.05) is 54.6 Å². The van der Waals surface area contributed by atoms with Gasteiger partial charge in [-0.1, -0.05) is 86.6 Å². The molecule has 0 saturated carbocycles. The second kappa shape index (κ2) is 8.56. The molecule has 1 aliphatic rings. The first kappa shape index (κ1) is 24.2. The number of benzene rings is 6. The number of hydrogen-bond donors (Lipinski definition) is 0. The van der Waals surface area contributed by atoms with Crippen molar-refractivity contribution in [3.63, 3.8) is 0 Å². The molecule has 0 atom stereocenters. The average Bonchev–Trinajstić information content (AvgIpc) is 3.64. The van der Waals surface area contributed by atoms with Crippen LogP contribution in [0, 0.1) is 0 Å². The normalized spacial score (nSPS) is 13.6. The van der Waals surface area contributed by atoms with E-state index < -0.39 is 0 Å². The van der Waals surface area contributed by atoms with E-state index in [4.69, 9.17) is 4.42 Å². The summed E-state index contributed by atoms with van der Waals surface area (Å²) in [5.74, 6) is 0.0238. The summed E-state index contributed by atoms with van der Waals surface area (Å²) < 4.78 is 8.68. The van der Waals surface area contributed by atoms with Gasteiger partial charge in [-0.15, -0.1) is 0 Å². The topological polar surface area (TPSA) is 35.1 Å². The van der Waals surface area contributed by atoms with Gasteiger partial charge < -0.3 is 8.98 Å². The third-order valence-electron chi connectivity index (χ3n) is 9.39. The van der Waals surface area contributed by atoms with Crippen LogP contribution in [0.5, 0.6) is 0 Å². The minimum Gasteiger partial charge on any atom is -0.456 e. The number of furan rings is 1. The van der Waals surface area contributed by atoms with E-state index in [0.717, 1.165) is 38.7 Å². The molecule has 8 aromatic rings. The molecule has 0 aliphatic heterocycles. The van der Waals surface area contributed by atoms with Crippen LogP contribution in [0.2, 0.25) is 0 Å². The lowest BCUT2D eigenvalue weighted by Gasteiger charge is -2.21. The summed E-state index contributed by atoms with van der Waals surface area (Å²) in [6, 6.07) is 43.7. The van der Waals surface area contributed by atoms with Crippen LogP contribution in [0.15, 0.2) is 132 Å². The van der Waals surface area contributed by atoms with Crippen LogP contribution in [0.1, 0.15) is 40.9 Å². The standard InChI is InChI=1S/C40H27NO2/c1-40(2)33-14-8-6-12-27(33)29-20-30-31-21-32-28-13-7-9-15-37(28)43-38(32)23-36(31)41(35(30)22-34(29)40)26-18-16-25(17-19-26)39(42)24-10-4-3-5-11-24/h3-23H,1-2H3. The number of fused-ring (bicyclic) bond motifs is 9. The van der Waals surface area contributed by atoms with E-state index in [-0.39, 0.29) is 11.2 Å². The van der Waals surface area contributed by atoms with E-state index >= 15 is 0 Å². The Kier molecular flexibility index (Phi) is 4.82. The Bertz CT molecular complexity index is 2420. The van der Waals surface area contributed by atoms with Crippen molar-refractivity contribution in [2.75, 3.05) is 0 Å². The van der Waals surface area contributed by atoms with Gasteiger partial charge in [0.2, 0.25) is 0 Å². The molecule has 3 nitrogen and oxygen atoms in total. The van der Waals surface area contributed by atoms with Gasteiger partial charge >= 0.3 is 0 Å². The first-order valence-electron chi connectivity index (χ1n) is 14.7. The van der Waals surface area contributed by atoms with E-state index in [1.165, 1.54) is 33.0 Å². The Morgan fingerprint density at radius 1 is 0.558 bits per heavy atom. The molecular weight excluding hydrogens is 526 g/mol. The van der Waals surface area contributed by atoms with Crippen LogP contribution >= 0.6 is 0 Å². The Hall–Kier alpha value is -5.41. The first-order valence-corrected chi connectivity index (χ1v) is 14.7. The van der Waals surface area contributed by atoms with Gasteiger partial charge in [0.15, 0.2) is 5.78 Å². The van der Waals surface area contributed by atoms with E-state index in [0.29, 0.717) is 11.1 Å². The average molecular weight is 554 g/mol. The zero-order valence-corrected chi connectivity index (χ0v) is 23.9. The van der Waals surface area contributed by atoms with Crippen molar-refractivity contribution in [3.05, 3.63) is 150 Å². The molecule has 0 fully saturated rings. The number of hydrogen-bond acceptors (Lipinski definition) is 2. The summed E-state index contributed by atoms with van der Waals surface area (Å²) >= 11 is 0. The molecule has 0 amide bonds. The molecule has 3 heteroatoms. The molecule has 2 aromatic heterocycles. The molecule has 43 heavy (non-hydrogen) atoms. The van der Waals surface area contributed by atoms with Crippen LogP contribution in [0.25, 0.3) is 60.6 Å². The quantitative estimate of drug-likeness (QED) is 0.204. The highest BCUT2D eigenvalue weighted by Gasteiger charge is 2.36. The van der Waals surface area contributed by atoms with Gasteiger partial charge in [0.05, 0.1) is 11.0 Å². The highest BCUT2D eigenvalue weighted by molar-refractivity contribution is 6.18. The van der Waals surface area contributed by atoms with Gasteiger partial charge in [-0.3, -0.25) is 4.79 Å². The molecule has 1 aliphatic carbocycles. The monoisotopic (exact) mass is 553 g/mol. The molecule has 0 N–H and O–H groups in total. The maximum absolute atomic E-state index is 13.2. The SMILES string of the molecule is CC1(C)c2ccccc2-c2cc3c4cc5c(cc4n(-c4ccc(C(=O)c6ccccc6)cc4)c3cc21)oc1ccccc15. The smallest absolute Gasteiger partial charge is 0.193 e. The lowest BCUT2D eigenvalue weighted by Crippen LogP contribution is -2.14. The van der Waals surface area contributed by atoms with Gasteiger partial charge in [-0.2, -0.15) is 0 Å². The highest BCUT2D eigenvalue weighted by atomic mass is 16.3. The molecule has 0 spiro atoms. The van der Waals surface area contributed by atoms with Gasteiger partial charge in [-0.25, -0.2) is 0 Å². The third kappa shape index (κ3) is 3.33. The Labute approximate surface area is 248 Å². The molecule has 0 unspecified atom stereocenters. The van der Waals surface area contributed by atoms with Crippen LogP contribution in [0.3, 0.4) is 0 Å². The van der Waals surface area contributed by atoms with E-state index in [9.17, 15) is 4.79 Å². The number of ketones is 1. The van der Waals surface area contributed by atoms with Crippen LogP contribution in [0.4, 0.5) is 0 Å². The number of carbonyl (C=O) groups is 1. The lowest BCUT2D eigenvalue weighted by molar-refractivity contribution is 0.103. The second-order valence-electron chi connectivity index (χ2n) is 12.1. The second-order valence-corrected chi connectivity index (χ2v) is 12.1. The zero-order chi connectivity index (χ0) is 28.9. The third-order valence-corrected chi connectivity index (χ3v) is 9.39. The Morgan fingerprint density at radius 3 is 2.07 bits per heavy atom. The molecule has 0 bridgehead atoms. The Morgan fingerprint density at radius 2 is 1.23 bits per heavy atom. The maximum Gasteiger partial charge on any atom is 0.193 e. The fourth-order valence-electron chi connectivity index (χ4n) is 7.22. The van der Waals surface area contributed by atoms with Crippen molar-refractivity contribution in [3.8, 4) is 16.8 Å². The van der Waals surface area contributed by atoms with Crippen molar-refractivity contribution in [2.45, 2.75) is 19.3 Å². The lowest BCUT2D eigenvalue weighted by atomic mass is 9.82. The van der Waals surface area contributed by atoms with Gasteiger partial charge in [0, 0.05) is 49.8 Å². The molecule has 0 radical (unpaired) electrons.